The number of benzene rings is 1. The third kappa shape index (κ3) is 3.35. The lowest BCUT2D eigenvalue weighted by molar-refractivity contribution is 0.193. The molecule has 1 saturated heterocycles. The molecule has 1 fully saturated rings. The van der Waals surface area contributed by atoms with Gasteiger partial charge in [0.05, 0.1) is 4.88 Å². The average molecular weight is 325 g/mol. The molecular weight excluding hydrogens is 306 g/mol. The van der Waals surface area contributed by atoms with E-state index in [1.54, 1.807) is 11.3 Å². The third-order valence-electron chi connectivity index (χ3n) is 4.36. The molecule has 118 valence electrons. The van der Waals surface area contributed by atoms with Crippen LogP contribution in [-0.2, 0) is 6.54 Å². The minimum atomic E-state index is 0.392. The number of likely N-dealkylation sites (tertiary alicyclic amines) is 1. The largest absolute Gasteiger partial charge is 0.420 e. The summed E-state index contributed by atoms with van der Waals surface area (Å²) in [7, 11) is 0. The lowest BCUT2D eigenvalue weighted by Gasteiger charge is -2.30. The summed E-state index contributed by atoms with van der Waals surface area (Å²) in [6.07, 6.45) is 2.16. The van der Waals surface area contributed by atoms with E-state index >= 15 is 0 Å². The number of piperidine rings is 1. The molecule has 1 aliphatic rings. The number of thiophene rings is 1. The number of hydrogen-bond donors (Lipinski definition) is 0. The Morgan fingerprint density at radius 3 is 2.61 bits per heavy atom. The molecule has 0 spiro atoms. The van der Waals surface area contributed by atoms with E-state index in [2.05, 4.69) is 45.4 Å². The van der Waals surface area contributed by atoms with Crippen molar-refractivity contribution in [2.75, 3.05) is 13.1 Å². The van der Waals surface area contributed by atoms with Crippen molar-refractivity contribution in [3.63, 3.8) is 0 Å². The van der Waals surface area contributed by atoms with Crippen molar-refractivity contribution in [3.8, 4) is 10.8 Å². The van der Waals surface area contributed by atoms with Crippen molar-refractivity contribution in [2.24, 2.45) is 0 Å². The Hall–Kier alpha value is -1.98. The van der Waals surface area contributed by atoms with Gasteiger partial charge in [0.25, 0.3) is 5.89 Å². The van der Waals surface area contributed by atoms with Gasteiger partial charge in [-0.1, -0.05) is 36.4 Å². The lowest BCUT2D eigenvalue weighted by atomic mass is 9.96. The first-order chi connectivity index (χ1) is 11.4. The normalized spacial score (nSPS) is 16.7. The molecule has 0 amide bonds. The molecule has 0 bridgehead atoms. The second-order valence-corrected chi connectivity index (χ2v) is 6.91. The molecule has 1 aromatic carbocycles. The Bertz CT molecular complexity index is 731. The molecule has 4 rings (SSSR count). The SMILES string of the molecule is c1ccc(CN2CCC(c3nnc(-c4cccs4)o3)CC2)cc1. The van der Waals surface area contributed by atoms with Gasteiger partial charge in [-0.25, -0.2) is 0 Å². The van der Waals surface area contributed by atoms with Gasteiger partial charge in [0, 0.05) is 12.5 Å². The van der Waals surface area contributed by atoms with Crippen LogP contribution in [-0.4, -0.2) is 28.2 Å². The first-order valence-electron chi connectivity index (χ1n) is 8.02. The van der Waals surface area contributed by atoms with Crippen molar-refractivity contribution in [3.05, 3.63) is 59.3 Å². The van der Waals surface area contributed by atoms with E-state index in [9.17, 15) is 0 Å². The molecule has 0 N–H and O–H groups in total. The minimum absolute atomic E-state index is 0.392. The van der Waals surface area contributed by atoms with E-state index in [1.807, 2.05) is 17.5 Å². The van der Waals surface area contributed by atoms with Gasteiger partial charge in [-0.05, 0) is 42.9 Å². The fourth-order valence-electron chi connectivity index (χ4n) is 3.08. The Morgan fingerprint density at radius 2 is 1.87 bits per heavy atom. The van der Waals surface area contributed by atoms with Gasteiger partial charge in [0.1, 0.15) is 0 Å². The predicted molar refractivity (Wildman–Crippen MR) is 91.3 cm³/mol. The Labute approximate surface area is 139 Å². The van der Waals surface area contributed by atoms with E-state index in [-0.39, 0.29) is 0 Å². The molecule has 0 saturated carbocycles. The van der Waals surface area contributed by atoms with Gasteiger partial charge in [0.2, 0.25) is 5.89 Å². The van der Waals surface area contributed by atoms with E-state index in [4.69, 9.17) is 4.42 Å². The Morgan fingerprint density at radius 1 is 1.04 bits per heavy atom. The smallest absolute Gasteiger partial charge is 0.257 e. The molecular formula is C18H19N3OS. The Kier molecular flexibility index (Phi) is 4.22. The highest BCUT2D eigenvalue weighted by atomic mass is 32.1. The molecule has 1 aliphatic heterocycles. The molecule has 4 nitrogen and oxygen atoms in total. The van der Waals surface area contributed by atoms with Crippen LogP contribution in [0.25, 0.3) is 10.8 Å². The van der Waals surface area contributed by atoms with Gasteiger partial charge in [-0.2, -0.15) is 0 Å². The van der Waals surface area contributed by atoms with E-state index in [0.29, 0.717) is 11.8 Å². The number of hydrogen-bond acceptors (Lipinski definition) is 5. The van der Waals surface area contributed by atoms with Crippen LogP contribution in [0.15, 0.2) is 52.3 Å². The summed E-state index contributed by atoms with van der Waals surface area (Å²) in [4.78, 5) is 3.55. The van der Waals surface area contributed by atoms with Gasteiger partial charge < -0.3 is 4.42 Å². The second-order valence-electron chi connectivity index (χ2n) is 5.96. The second kappa shape index (κ2) is 6.64. The molecule has 3 aromatic rings. The van der Waals surface area contributed by atoms with Crippen LogP contribution >= 0.6 is 11.3 Å². The van der Waals surface area contributed by atoms with Crippen LogP contribution in [0.5, 0.6) is 0 Å². The zero-order chi connectivity index (χ0) is 15.5. The highest BCUT2D eigenvalue weighted by molar-refractivity contribution is 7.13. The molecule has 5 heteroatoms. The summed E-state index contributed by atoms with van der Waals surface area (Å²) < 4.78 is 5.89. The van der Waals surface area contributed by atoms with Crippen molar-refractivity contribution in [1.82, 2.24) is 15.1 Å². The maximum atomic E-state index is 5.89. The average Bonchev–Trinajstić information content (AvgIpc) is 3.28. The van der Waals surface area contributed by atoms with Crippen LogP contribution in [0.4, 0.5) is 0 Å². The predicted octanol–water partition coefficient (Wildman–Crippen LogP) is 4.18. The van der Waals surface area contributed by atoms with Crippen molar-refractivity contribution in [2.45, 2.75) is 25.3 Å². The lowest BCUT2D eigenvalue weighted by Crippen LogP contribution is -2.32. The van der Waals surface area contributed by atoms with E-state index in [1.165, 1.54) is 5.56 Å². The van der Waals surface area contributed by atoms with Gasteiger partial charge in [-0.15, -0.1) is 21.5 Å². The minimum Gasteiger partial charge on any atom is -0.420 e. The van der Waals surface area contributed by atoms with E-state index < -0.39 is 0 Å². The quantitative estimate of drug-likeness (QED) is 0.722. The molecule has 0 aliphatic carbocycles. The first-order valence-corrected chi connectivity index (χ1v) is 8.90. The van der Waals surface area contributed by atoms with Crippen LogP contribution in [0.1, 0.15) is 30.2 Å². The first kappa shape index (κ1) is 14.6. The molecule has 2 aromatic heterocycles. The molecule has 0 atom stereocenters. The number of rotatable bonds is 4. The van der Waals surface area contributed by atoms with E-state index in [0.717, 1.165) is 43.2 Å². The maximum Gasteiger partial charge on any atom is 0.257 e. The van der Waals surface area contributed by atoms with Gasteiger partial charge in [-0.3, -0.25) is 4.90 Å². The Balaban J connectivity index is 1.36. The summed E-state index contributed by atoms with van der Waals surface area (Å²) in [5, 5.41) is 10.5. The number of nitrogens with zero attached hydrogens (tertiary/aromatic N) is 3. The van der Waals surface area contributed by atoms with Crippen molar-refractivity contribution < 1.29 is 4.42 Å². The fraction of sp³-hybridized carbons (Fsp3) is 0.333. The van der Waals surface area contributed by atoms with Crippen LogP contribution in [0, 0.1) is 0 Å². The van der Waals surface area contributed by atoms with Crippen molar-refractivity contribution in [1.29, 1.82) is 0 Å². The molecule has 0 unspecified atom stereocenters. The monoisotopic (exact) mass is 325 g/mol. The highest BCUT2D eigenvalue weighted by Crippen LogP contribution is 2.31. The van der Waals surface area contributed by atoms with Crippen LogP contribution in [0.2, 0.25) is 0 Å². The molecule has 3 heterocycles. The van der Waals surface area contributed by atoms with Gasteiger partial charge >= 0.3 is 0 Å². The maximum absolute atomic E-state index is 5.89. The molecule has 23 heavy (non-hydrogen) atoms. The zero-order valence-electron chi connectivity index (χ0n) is 12.9. The summed E-state index contributed by atoms with van der Waals surface area (Å²) in [6.45, 7) is 3.18. The third-order valence-corrected chi connectivity index (χ3v) is 5.22. The summed E-state index contributed by atoms with van der Waals surface area (Å²) in [6, 6.07) is 14.7. The highest BCUT2D eigenvalue weighted by Gasteiger charge is 2.25. The van der Waals surface area contributed by atoms with Crippen LogP contribution < -0.4 is 0 Å². The zero-order valence-corrected chi connectivity index (χ0v) is 13.7. The van der Waals surface area contributed by atoms with Crippen LogP contribution in [0.3, 0.4) is 0 Å². The summed E-state index contributed by atoms with van der Waals surface area (Å²) in [5.74, 6) is 1.85. The fourth-order valence-corrected chi connectivity index (χ4v) is 3.72. The van der Waals surface area contributed by atoms with Gasteiger partial charge in [0.15, 0.2) is 0 Å². The standard InChI is InChI=1S/C18H19N3OS/c1-2-5-14(6-3-1)13-21-10-8-15(9-11-21)17-19-20-18(22-17)16-7-4-12-23-16/h1-7,12,15H,8-11,13H2. The summed E-state index contributed by atoms with van der Waals surface area (Å²) in [5.41, 5.74) is 1.38. The van der Waals surface area contributed by atoms with Crippen molar-refractivity contribution >= 4 is 11.3 Å². The molecule has 0 radical (unpaired) electrons. The summed E-state index contributed by atoms with van der Waals surface area (Å²) >= 11 is 1.63. The number of aromatic nitrogens is 2. The topological polar surface area (TPSA) is 42.2 Å².